The minimum absolute atomic E-state index is 0.282. The number of hydrogen-bond acceptors (Lipinski definition) is 6. The van der Waals surface area contributed by atoms with Crippen LogP contribution >= 0.6 is 0 Å². The number of Topliss-reactive ketones (excluding diaryl/α,β-unsaturated/α-hetero) is 1. The van der Waals surface area contributed by atoms with Gasteiger partial charge in [-0.05, 0) is 12.1 Å². The van der Waals surface area contributed by atoms with Crippen LogP contribution in [0.1, 0.15) is 10.4 Å². The van der Waals surface area contributed by atoms with E-state index < -0.39 is 6.61 Å². The van der Waals surface area contributed by atoms with Crippen molar-refractivity contribution in [3.05, 3.63) is 42.5 Å². The number of aromatic nitrogens is 4. The van der Waals surface area contributed by atoms with Crippen molar-refractivity contribution in [3.63, 3.8) is 0 Å². The Bertz CT molecular complexity index is 755. The number of nitrogens with one attached hydrogen (secondary N) is 1. The Kier molecular flexibility index (Phi) is 3.10. The lowest BCUT2D eigenvalue weighted by atomic mass is 10.1. The first kappa shape index (κ1) is 12.2. The molecule has 0 saturated carbocycles. The van der Waals surface area contributed by atoms with Crippen LogP contribution in [0.2, 0.25) is 0 Å². The minimum Gasteiger partial charge on any atom is -0.436 e. The summed E-state index contributed by atoms with van der Waals surface area (Å²) >= 11 is 0. The zero-order chi connectivity index (χ0) is 13.9. The van der Waals surface area contributed by atoms with E-state index in [0.29, 0.717) is 11.3 Å². The van der Waals surface area contributed by atoms with E-state index in [-0.39, 0.29) is 11.7 Å². The third-order valence-electron chi connectivity index (χ3n) is 2.78. The van der Waals surface area contributed by atoms with E-state index in [4.69, 9.17) is 9.84 Å². The van der Waals surface area contributed by atoms with Crippen molar-refractivity contribution >= 4 is 16.7 Å². The van der Waals surface area contributed by atoms with Crippen molar-refractivity contribution in [2.24, 2.45) is 0 Å². The van der Waals surface area contributed by atoms with Crippen LogP contribution in [0.5, 0.6) is 11.6 Å². The van der Waals surface area contributed by atoms with Crippen LogP contribution in [0.4, 0.5) is 0 Å². The van der Waals surface area contributed by atoms with Gasteiger partial charge in [-0.1, -0.05) is 0 Å². The van der Waals surface area contributed by atoms with E-state index in [1.807, 2.05) is 0 Å². The number of carbonyl (C=O) groups is 1. The van der Waals surface area contributed by atoms with Gasteiger partial charge in [-0.2, -0.15) is 0 Å². The number of carbonyl (C=O) groups excluding carboxylic acids is 1. The van der Waals surface area contributed by atoms with Crippen LogP contribution in [-0.2, 0) is 0 Å². The quantitative estimate of drug-likeness (QED) is 0.693. The fraction of sp³-hybridized carbons (Fsp3) is 0.0769. The van der Waals surface area contributed by atoms with Crippen molar-refractivity contribution in [2.45, 2.75) is 0 Å². The molecule has 0 amide bonds. The molecule has 0 aliphatic carbocycles. The van der Waals surface area contributed by atoms with Crippen molar-refractivity contribution in [1.29, 1.82) is 0 Å². The number of rotatable bonds is 4. The van der Waals surface area contributed by atoms with E-state index in [1.54, 1.807) is 24.4 Å². The second-order valence-corrected chi connectivity index (χ2v) is 4.04. The minimum atomic E-state index is -0.517. The van der Waals surface area contributed by atoms with E-state index in [2.05, 4.69) is 20.2 Å². The van der Waals surface area contributed by atoms with Crippen molar-refractivity contribution in [3.8, 4) is 11.6 Å². The lowest BCUT2D eigenvalue weighted by Gasteiger charge is -2.03. The first-order chi connectivity index (χ1) is 9.78. The molecule has 2 aromatic heterocycles. The zero-order valence-electron chi connectivity index (χ0n) is 10.3. The standard InChI is InChI=1S/C13H10N4O3/c18-6-12(19)10-4-15-11-3-8(1-2-9(10)11)20-13-5-14-7-16-17-13/h1-5,7,15,18H,6H2. The maximum absolute atomic E-state index is 11.5. The monoisotopic (exact) mass is 270 g/mol. The molecule has 0 fully saturated rings. The van der Waals surface area contributed by atoms with E-state index in [1.165, 1.54) is 12.5 Å². The molecule has 7 nitrogen and oxygen atoms in total. The predicted octanol–water partition coefficient (Wildman–Crippen LogP) is 1.32. The Morgan fingerprint density at radius 3 is 3.05 bits per heavy atom. The summed E-state index contributed by atoms with van der Waals surface area (Å²) in [6, 6.07) is 5.19. The maximum atomic E-state index is 11.5. The number of nitrogens with zero attached hydrogens (tertiary/aromatic N) is 3. The summed E-state index contributed by atoms with van der Waals surface area (Å²) in [5.74, 6) is 0.498. The predicted molar refractivity (Wildman–Crippen MR) is 69.6 cm³/mol. The molecule has 0 bridgehead atoms. The Balaban J connectivity index is 1.94. The van der Waals surface area contributed by atoms with Crippen molar-refractivity contribution < 1.29 is 14.6 Å². The third-order valence-corrected chi connectivity index (χ3v) is 2.78. The topological polar surface area (TPSA) is 101 Å². The smallest absolute Gasteiger partial charge is 0.257 e. The van der Waals surface area contributed by atoms with Gasteiger partial charge in [0.15, 0.2) is 5.78 Å². The fourth-order valence-corrected chi connectivity index (χ4v) is 1.89. The Morgan fingerprint density at radius 2 is 2.30 bits per heavy atom. The molecule has 2 N–H and O–H groups in total. The molecule has 0 aliphatic rings. The highest BCUT2D eigenvalue weighted by molar-refractivity contribution is 6.08. The molecule has 0 saturated heterocycles. The average Bonchev–Trinajstić information content (AvgIpc) is 2.90. The highest BCUT2D eigenvalue weighted by atomic mass is 16.5. The second-order valence-electron chi connectivity index (χ2n) is 4.04. The number of aliphatic hydroxyl groups excluding tert-OH is 1. The van der Waals surface area contributed by atoms with Crippen LogP contribution < -0.4 is 4.74 Å². The lowest BCUT2D eigenvalue weighted by molar-refractivity contribution is 0.0905. The molecule has 3 aromatic rings. The normalized spacial score (nSPS) is 10.7. The summed E-state index contributed by atoms with van der Waals surface area (Å²) < 4.78 is 5.49. The Hall–Kier alpha value is -2.80. The van der Waals surface area contributed by atoms with Crippen molar-refractivity contribution in [1.82, 2.24) is 20.2 Å². The summed E-state index contributed by atoms with van der Waals surface area (Å²) in [7, 11) is 0. The van der Waals surface area contributed by atoms with E-state index in [9.17, 15) is 4.79 Å². The van der Waals surface area contributed by atoms with Gasteiger partial charge in [0, 0.05) is 28.7 Å². The van der Waals surface area contributed by atoms with E-state index >= 15 is 0 Å². The van der Waals surface area contributed by atoms with Crippen LogP contribution in [0.3, 0.4) is 0 Å². The molecule has 2 heterocycles. The summed E-state index contributed by atoms with van der Waals surface area (Å²) in [4.78, 5) is 18.3. The summed E-state index contributed by atoms with van der Waals surface area (Å²) in [5.41, 5.74) is 1.19. The summed E-state index contributed by atoms with van der Waals surface area (Å²) in [5, 5.41) is 17.0. The average molecular weight is 270 g/mol. The van der Waals surface area contributed by atoms with Gasteiger partial charge in [0.1, 0.15) is 18.7 Å². The van der Waals surface area contributed by atoms with Gasteiger partial charge in [0.25, 0.3) is 5.88 Å². The number of aromatic amines is 1. The zero-order valence-corrected chi connectivity index (χ0v) is 10.3. The fourth-order valence-electron chi connectivity index (χ4n) is 1.89. The molecule has 0 radical (unpaired) electrons. The molecule has 7 heteroatoms. The SMILES string of the molecule is O=C(CO)c1c[nH]c2cc(Oc3cncnn3)ccc12. The largest absolute Gasteiger partial charge is 0.436 e. The molecule has 0 unspecified atom stereocenters. The molecular formula is C13H10N4O3. The Labute approximate surface area is 113 Å². The van der Waals surface area contributed by atoms with Gasteiger partial charge in [0.05, 0.1) is 6.20 Å². The summed E-state index contributed by atoms with van der Waals surface area (Å²) in [6.45, 7) is -0.517. The molecule has 3 rings (SSSR count). The first-order valence-corrected chi connectivity index (χ1v) is 5.83. The molecule has 20 heavy (non-hydrogen) atoms. The lowest BCUT2D eigenvalue weighted by Crippen LogP contribution is -2.02. The first-order valence-electron chi connectivity index (χ1n) is 5.83. The highest BCUT2D eigenvalue weighted by Gasteiger charge is 2.11. The number of ketones is 1. The van der Waals surface area contributed by atoms with Gasteiger partial charge < -0.3 is 14.8 Å². The third kappa shape index (κ3) is 2.21. The van der Waals surface area contributed by atoms with Gasteiger partial charge in [0.2, 0.25) is 0 Å². The van der Waals surface area contributed by atoms with Crippen LogP contribution in [0.15, 0.2) is 36.9 Å². The molecule has 0 aliphatic heterocycles. The summed E-state index contributed by atoms with van der Waals surface area (Å²) in [6.07, 6.45) is 4.33. The molecule has 0 atom stereocenters. The maximum Gasteiger partial charge on any atom is 0.257 e. The van der Waals surface area contributed by atoms with Crippen molar-refractivity contribution in [2.75, 3.05) is 6.61 Å². The van der Waals surface area contributed by atoms with Crippen LogP contribution in [-0.4, -0.2) is 37.7 Å². The second kappa shape index (κ2) is 5.06. The van der Waals surface area contributed by atoms with Crippen LogP contribution in [0.25, 0.3) is 10.9 Å². The number of aliphatic hydroxyl groups is 1. The molecule has 100 valence electrons. The van der Waals surface area contributed by atoms with Gasteiger partial charge >= 0.3 is 0 Å². The molecule has 0 spiro atoms. The number of ether oxygens (including phenoxy) is 1. The number of H-pyrrole nitrogens is 1. The molecular weight excluding hydrogens is 260 g/mol. The number of hydrogen-bond donors (Lipinski definition) is 2. The molecule has 1 aromatic carbocycles. The van der Waals surface area contributed by atoms with Gasteiger partial charge in [-0.3, -0.25) is 4.79 Å². The highest BCUT2D eigenvalue weighted by Crippen LogP contribution is 2.25. The number of fused-ring (bicyclic) bond motifs is 1. The number of benzene rings is 1. The van der Waals surface area contributed by atoms with Gasteiger partial charge in [-0.15, -0.1) is 10.2 Å². The van der Waals surface area contributed by atoms with Crippen LogP contribution in [0, 0.1) is 0 Å². The van der Waals surface area contributed by atoms with E-state index in [0.717, 1.165) is 10.9 Å². The Morgan fingerprint density at radius 1 is 1.40 bits per heavy atom. The van der Waals surface area contributed by atoms with Gasteiger partial charge in [-0.25, -0.2) is 4.98 Å².